The Balaban J connectivity index is 1.47. The standard InChI is InChI=1S/C20H22ClN5O2/c1-28-18(27)7-9-26-8-6-13(12-26)24-20-23-11-16(21)19(25-20)15-10-22-17-5-3-2-4-14(15)17/h2-5,10-11,13,22H,6-9,12H2,1H3,(H,23,24,25). The molecule has 2 aromatic heterocycles. The monoisotopic (exact) mass is 399 g/mol. The molecule has 3 heterocycles. The van der Waals surface area contributed by atoms with E-state index in [0.717, 1.165) is 36.0 Å². The number of esters is 1. The number of hydrogen-bond donors (Lipinski definition) is 2. The molecule has 0 spiro atoms. The third-order valence-corrected chi connectivity index (χ3v) is 5.33. The Morgan fingerprint density at radius 3 is 3.14 bits per heavy atom. The summed E-state index contributed by atoms with van der Waals surface area (Å²) in [6, 6.07) is 8.28. The molecular weight excluding hydrogens is 378 g/mol. The normalized spacial score (nSPS) is 17.1. The Bertz CT molecular complexity index is 990. The average molecular weight is 400 g/mol. The van der Waals surface area contributed by atoms with Crippen LogP contribution in [-0.2, 0) is 9.53 Å². The molecule has 8 heteroatoms. The number of anilines is 1. The fraction of sp³-hybridized carbons (Fsp3) is 0.350. The lowest BCUT2D eigenvalue weighted by atomic mass is 10.1. The Morgan fingerprint density at radius 2 is 2.29 bits per heavy atom. The number of aromatic nitrogens is 3. The first-order valence-corrected chi connectivity index (χ1v) is 9.66. The fourth-order valence-corrected chi connectivity index (χ4v) is 3.77. The van der Waals surface area contributed by atoms with E-state index >= 15 is 0 Å². The highest BCUT2D eigenvalue weighted by molar-refractivity contribution is 6.33. The van der Waals surface area contributed by atoms with Crippen molar-refractivity contribution in [2.24, 2.45) is 0 Å². The van der Waals surface area contributed by atoms with Gasteiger partial charge in [0, 0.05) is 48.3 Å². The quantitative estimate of drug-likeness (QED) is 0.618. The fourth-order valence-electron chi connectivity index (χ4n) is 3.58. The maximum absolute atomic E-state index is 11.3. The highest BCUT2D eigenvalue weighted by atomic mass is 35.5. The lowest BCUT2D eigenvalue weighted by Crippen LogP contribution is -2.28. The zero-order valence-electron chi connectivity index (χ0n) is 15.6. The summed E-state index contributed by atoms with van der Waals surface area (Å²) in [7, 11) is 1.42. The van der Waals surface area contributed by atoms with Crippen LogP contribution in [0, 0.1) is 0 Å². The molecule has 1 aliphatic heterocycles. The zero-order chi connectivity index (χ0) is 19.5. The number of aromatic amines is 1. The zero-order valence-corrected chi connectivity index (χ0v) is 16.4. The smallest absolute Gasteiger partial charge is 0.306 e. The van der Waals surface area contributed by atoms with Gasteiger partial charge < -0.3 is 19.9 Å². The number of halogens is 1. The topological polar surface area (TPSA) is 83.1 Å². The van der Waals surface area contributed by atoms with Crippen LogP contribution in [0.2, 0.25) is 5.02 Å². The number of nitrogens with one attached hydrogen (secondary N) is 2. The molecule has 0 bridgehead atoms. The third kappa shape index (κ3) is 3.95. The van der Waals surface area contributed by atoms with Gasteiger partial charge >= 0.3 is 5.97 Å². The van der Waals surface area contributed by atoms with E-state index in [9.17, 15) is 4.79 Å². The number of carbonyl (C=O) groups excluding carboxylic acids is 1. The number of fused-ring (bicyclic) bond motifs is 1. The molecule has 1 aliphatic rings. The molecular formula is C20H22ClN5O2. The first-order valence-electron chi connectivity index (χ1n) is 9.29. The van der Waals surface area contributed by atoms with Crippen LogP contribution in [-0.4, -0.2) is 58.6 Å². The molecule has 0 saturated carbocycles. The minimum atomic E-state index is -0.180. The molecule has 0 radical (unpaired) electrons. The number of methoxy groups -OCH3 is 1. The van der Waals surface area contributed by atoms with Gasteiger partial charge in [-0.15, -0.1) is 0 Å². The molecule has 0 aliphatic carbocycles. The first-order chi connectivity index (χ1) is 13.6. The molecule has 3 aromatic rings. The molecule has 1 unspecified atom stereocenters. The van der Waals surface area contributed by atoms with Crippen molar-refractivity contribution in [3.63, 3.8) is 0 Å². The Kier molecular flexibility index (Phi) is 5.45. The SMILES string of the molecule is COC(=O)CCN1CCC(Nc2ncc(Cl)c(-c3c[nH]c4ccccc34)n2)C1. The second kappa shape index (κ2) is 8.16. The van der Waals surface area contributed by atoms with Crippen molar-refractivity contribution < 1.29 is 9.53 Å². The van der Waals surface area contributed by atoms with Gasteiger partial charge in [-0.3, -0.25) is 4.79 Å². The maximum Gasteiger partial charge on any atom is 0.306 e. The van der Waals surface area contributed by atoms with Gasteiger partial charge in [-0.25, -0.2) is 9.97 Å². The van der Waals surface area contributed by atoms with E-state index in [1.165, 1.54) is 7.11 Å². The highest BCUT2D eigenvalue weighted by Gasteiger charge is 2.24. The number of para-hydroxylation sites is 1. The number of likely N-dealkylation sites (tertiary alicyclic amines) is 1. The molecule has 2 N–H and O–H groups in total. The maximum atomic E-state index is 11.3. The van der Waals surface area contributed by atoms with Crippen molar-refractivity contribution in [2.75, 3.05) is 32.1 Å². The van der Waals surface area contributed by atoms with Gasteiger partial charge in [-0.2, -0.15) is 0 Å². The largest absolute Gasteiger partial charge is 0.469 e. The van der Waals surface area contributed by atoms with Gasteiger partial charge in [-0.05, 0) is 12.5 Å². The van der Waals surface area contributed by atoms with Crippen LogP contribution in [0.1, 0.15) is 12.8 Å². The molecule has 146 valence electrons. The summed E-state index contributed by atoms with van der Waals surface area (Å²) in [5.41, 5.74) is 2.70. The van der Waals surface area contributed by atoms with Crippen molar-refractivity contribution in [1.82, 2.24) is 19.9 Å². The summed E-state index contributed by atoms with van der Waals surface area (Å²) in [4.78, 5) is 25.8. The van der Waals surface area contributed by atoms with E-state index in [2.05, 4.69) is 25.2 Å². The van der Waals surface area contributed by atoms with Crippen LogP contribution in [0.5, 0.6) is 0 Å². The minimum Gasteiger partial charge on any atom is -0.469 e. The number of rotatable bonds is 6. The molecule has 1 aromatic carbocycles. The number of carbonyl (C=O) groups is 1. The molecule has 1 saturated heterocycles. The summed E-state index contributed by atoms with van der Waals surface area (Å²) in [6.45, 7) is 2.47. The van der Waals surface area contributed by atoms with Crippen LogP contribution >= 0.6 is 11.6 Å². The predicted octanol–water partition coefficient (Wildman–Crippen LogP) is 3.33. The van der Waals surface area contributed by atoms with E-state index in [4.69, 9.17) is 16.3 Å². The van der Waals surface area contributed by atoms with Gasteiger partial charge in [0.25, 0.3) is 0 Å². The Hall–Kier alpha value is -2.64. The second-order valence-corrected chi connectivity index (χ2v) is 7.30. The lowest BCUT2D eigenvalue weighted by Gasteiger charge is -2.16. The number of ether oxygens (including phenoxy) is 1. The summed E-state index contributed by atoms with van der Waals surface area (Å²) < 4.78 is 4.71. The van der Waals surface area contributed by atoms with Gasteiger partial charge in [0.1, 0.15) is 0 Å². The van der Waals surface area contributed by atoms with Crippen molar-refractivity contribution in [3.8, 4) is 11.3 Å². The van der Waals surface area contributed by atoms with Crippen molar-refractivity contribution in [3.05, 3.63) is 41.7 Å². The number of hydrogen-bond acceptors (Lipinski definition) is 6. The Morgan fingerprint density at radius 1 is 1.43 bits per heavy atom. The number of nitrogens with zero attached hydrogens (tertiary/aromatic N) is 3. The van der Waals surface area contributed by atoms with E-state index in [1.807, 2.05) is 30.5 Å². The third-order valence-electron chi connectivity index (χ3n) is 5.05. The molecule has 0 amide bonds. The number of benzene rings is 1. The molecule has 1 fully saturated rings. The van der Waals surface area contributed by atoms with E-state index in [0.29, 0.717) is 29.6 Å². The molecule has 4 rings (SSSR count). The van der Waals surface area contributed by atoms with Crippen molar-refractivity contribution in [2.45, 2.75) is 18.9 Å². The van der Waals surface area contributed by atoms with E-state index in [-0.39, 0.29) is 12.0 Å². The summed E-state index contributed by atoms with van der Waals surface area (Å²) >= 11 is 6.39. The molecule has 1 atom stereocenters. The second-order valence-electron chi connectivity index (χ2n) is 6.89. The van der Waals surface area contributed by atoms with Crippen LogP contribution in [0.4, 0.5) is 5.95 Å². The lowest BCUT2D eigenvalue weighted by molar-refractivity contribution is -0.140. The predicted molar refractivity (Wildman–Crippen MR) is 109 cm³/mol. The average Bonchev–Trinajstić information content (AvgIpc) is 3.34. The van der Waals surface area contributed by atoms with E-state index < -0.39 is 0 Å². The van der Waals surface area contributed by atoms with Crippen LogP contribution < -0.4 is 5.32 Å². The first kappa shape index (κ1) is 18.7. The van der Waals surface area contributed by atoms with Gasteiger partial charge in [-0.1, -0.05) is 29.8 Å². The summed E-state index contributed by atoms with van der Waals surface area (Å²) in [5, 5.41) is 4.99. The summed E-state index contributed by atoms with van der Waals surface area (Å²) in [6.07, 6.45) is 4.94. The van der Waals surface area contributed by atoms with Gasteiger partial charge in [0.05, 0.1) is 30.4 Å². The highest BCUT2D eigenvalue weighted by Crippen LogP contribution is 2.32. The van der Waals surface area contributed by atoms with Gasteiger partial charge in [0.2, 0.25) is 5.95 Å². The summed E-state index contributed by atoms with van der Waals surface area (Å²) in [5.74, 6) is 0.380. The van der Waals surface area contributed by atoms with Crippen molar-refractivity contribution in [1.29, 1.82) is 0 Å². The molecule has 28 heavy (non-hydrogen) atoms. The molecule has 7 nitrogen and oxygen atoms in total. The number of H-pyrrole nitrogens is 1. The van der Waals surface area contributed by atoms with Crippen LogP contribution in [0.25, 0.3) is 22.2 Å². The van der Waals surface area contributed by atoms with Crippen molar-refractivity contribution >= 4 is 34.4 Å². The van der Waals surface area contributed by atoms with Crippen LogP contribution in [0.3, 0.4) is 0 Å². The minimum absolute atomic E-state index is 0.180. The van der Waals surface area contributed by atoms with Crippen LogP contribution in [0.15, 0.2) is 36.7 Å². The Labute approximate surface area is 168 Å². The van der Waals surface area contributed by atoms with E-state index in [1.54, 1.807) is 6.20 Å². The van der Waals surface area contributed by atoms with Gasteiger partial charge in [0.15, 0.2) is 0 Å².